The summed E-state index contributed by atoms with van der Waals surface area (Å²) in [4.78, 5) is 28.6. The first kappa shape index (κ1) is 12.8. The van der Waals surface area contributed by atoms with Gasteiger partial charge in [0.25, 0.3) is 0 Å². The lowest BCUT2D eigenvalue weighted by molar-refractivity contribution is -0.135. The van der Waals surface area contributed by atoms with E-state index >= 15 is 0 Å². The number of amides is 3. The van der Waals surface area contributed by atoms with E-state index in [4.69, 9.17) is 0 Å². The summed E-state index contributed by atoms with van der Waals surface area (Å²) < 4.78 is 0. The van der Waals surface area contributed by atoms with E-state index in [-0.39, 0.29) is 17.9 Å². The number of hydrogen-bond donors (Lipinski definition) is 0. The maximum Gasteiger partial charge on any atom is 0.319 e. The minimum Gasteiger partial charge on any atom is -0.339 e. The Morgan fingerprint density at radius 1 is 1.00 bits per heavy atom. The molecule has 0 aromatic rings. The van der Waals surface area contributed by atoms with Crippen LogP contribution >= 0.6 is 0 Å². The molecule has 0 bridgehead atoms. The molecule has 0 saturated carbocycles. The molecule has 1 fully saturated rings. The summed E-state index contributed by atoms with van der Waals surface area (Å²) in [5.74, 6) is 0.216. The van der Waals surface area contributed by atoms with Crippen LogP contribution in [0.25, 0.3) is 0 Å². The SMILES string of the molecule is CC(C)C(=O)N1CCN(C(=O)N(C)C)CC1. The molecule has 0 aromatic carbocycles. The number of hydrogen-bond acceptors (Lipinski definition) is 2. The lowest BCUT2D eigenvalue weighted by Crippen LogP contribution is -2.53. The van der Waals surface area contributed by atoms with Gasteiger partial charge in [0, 0.05) is 46.2 Å². The van der Waals surface area contributed by atoms with Crippen molar-refractivity contribution in [3.05, 3.63) is 0 Å². The maximum atomic E-state index is 11.7. The number of nitrogens with zero attached hydrogens (tertiary/aromatic N) is 3. The molecule has 1 aliphatic rings. The Kier molecular flexibility index (Phi) is 4.15. The van der Waals surface area contributed by atoms with E-state index in [2.05, 4.69) is 0 Å². The van der Waals surface area contributed by atoms with E-state index in [0.29, 0.717) is 26.2 Å². The lowest BCUT2D eigenvalue weighted by Gasteiger charge is -2.36. The maximum absolute atomic E-state index is 11.7. The molecule has 1 aliphatic heterocycles. The highest BCUT2D eigenvalue weighted by Gasteiger charge is 2.25. The number of rotatable bonds is 1. The summed E-state index contributed by atoms with van der Waals surface area (Å²) in [5.41, 5.74) is 0. The van der Waals surface area contributed by atoms with Gasteiger partial charge in [0.15, 0.2) is 0 Å². The molecule has 0 atom stereocenters. The van der Waals surface area contributed by atoms with Crippen LogP contribution in [0.3, 0.4) is 0 Å². The van der Waals surface area contributed by atoms with Crippen LogP contribution in [-0.2, 0) is 4.79 Å². The van der Waals surface area contributed by atoms with E-state index < -0.39 is 0 Å². The summed E-state index contributed by atoms with van der Waals surface area (Å²) >= 11 is 0. The summed E-state index contributed by atoms with van der Waals surface area (Å²) in [6.45, 7) is 6.37. The Morgan fingerprint density at radius 2 is 1.44 bits per heavy atom. The van der Waals surface area contributed by atoms with Gasteiger partial charge in [-0.25, -0.2) is 4.79 Å². The summed E-state index contributed by atoms with van der Waals surface area (Å²) in [6.07, 6.45) is 0. The van der Waals surface area contributed by atoms with E-state index in [1.165, 1.54) is 0 Å². The molecular weight excluding hydrogens is 206 g/mol. The van der Waals surface area contributed by atoms with Gasteiger partial charge in [0.2, 0.25) is 5.91 Å². The second-order valence-electron chi connectivity index (χ2n) is 4.64. The molecule has 5 heteroatoms. The van der Waals surface area contributed by atoms with E-state index in [0.717, 1.165) is 0 Å². The van der Waals surface area contributed by atoms with Gasteiger partial charge in [-0.1, -0.05) is 13.8 Å². The standard InChI is InChI=1S/C11H21N3O2/c1-9(2)10(15)13-5-7-14(8-6-13)11(16)12(3)4/h9H,5-8H2,1-4H3. The first-order valence-corrected chi connectivity index (χ1v) is 5.68. The highest BCUT2D eigenvalue weighted by Crippen LogP contribution is 2.08. The van der Waals surface area contributed by atoms with Gasteiger partial charge in [-0.15, -0.1) is 0 Å². The van der Waals surface area contributed by atoms with Crippen molar-refractivity contribution in [1.29, 1.82) is 0 Å². The summed E-state index contributed by atoms with van der Waals surface area (Å²) in [7, 11) is 3.49. The molecule has 3 amide bonds. The van der Waals surface area contributed by atoms with Gasteiger partial charge in [-0.3, -0.25) is 4.79 Å². The molecule has 0 spiro atoms. The molecule has 0 unspecified atom stereocenters. The molecule has 0 aromatic heterocycles. The van der Waals surface area contributed by atoms with Crippen molar-refractivity contribution in [3.63, 3.8) is 0 Å². The molecule has 16 heavy (non-hydrogen) atoms. The van der Waals surface area contributed by atoms with Crippen LogP contribution < -0.4 is 0 Å². The fourth-order valence-corrected chi connectivity index (χ4v) is 1.77. The molecule has 1 heterocycles. The van der Waals surface area contributed by atoms with Gasteiger partial charge in [-0.05, 0) is 0 Å². The van der Waals surface area contributed by atoms with Crippen molar-refractivity contribution in [2.24, 2.45) is 5.92 Å². The summed E-state index contributed by atoms with van der Waals surface area (Å²) in [5, 5.41) is 0. The Balaban J connectivity index is 2.45. The van der Waals surface area contributed by atoms with Gasteiger partial charge in [-0.2, -0.15) is 0 Å². The van der Waals surface area contributed by atoms with Crippen LogP contribution in [0.15, 0.2) is 0 Å². The second-order valence-corrected chi connectivity index (χ2v) is 4.64. The lowest BCUT2D eigenvalue weighted by atomic mass is 10.1. The monoisotopic (exact) mass is 227 g/mol. The van der Waals surface area contributed by atoms with Crippen molar-refractivity contribution in [1.82, 2.24) is 14.7 Å². The van der Waals surface area contributed by atoms with Gasteiger partial charge in [0.05, 0.1) is 0 Å². The zero-order valence-corrected chi connectivity index (χ0v) is 10.6. The van der Waals surface area contributed by atoms with E-state index in [1.807, 2.05) is 18.7 Å². The third kappa shape index (κ3) is 2.87. The third-order valence-electron chi connectivity index (χ3n) is 2.74. The first-order chi connectivity index (χ1) is 7.43. The normalized spacial score (nSPS) is 16.6. The van der Waals surface area contributed by atoms with Crippen molar-refractivity contribution in [2.75, 3.05) is 40.3 Å². The van der Waals surface area contributed by atoms with Crippen LogP contribution in [0.5, 0.6) is 0 Å². The Bertz CT molecular complexity index is 240. The van der Waals surface area contributed by atoms with Gasteiger partial charge in [0.1, 0.15) is 0 Å². The minimum atomic E-state index is 0.0247. The molecule has 1 saturated heterocycles. The van der Waals surface area contributed by atoms with Crippen LogP contribution in [0.2, 0.25) is 0 Å². The van der Waals surface area contributed by atoms with Crippen molar-refractivity contribution >= 4 is 11.9 Å². The molecule has 92 valence electrons. The molecule has 1 rings (SSSR count). The molecule has 0 aliphatic carbocycles. The second kappa shape index (κ2) is 5.18. The van der Waals surface area contributed by atoms with Crippen molar-refractivity contribution in [2.45, 2.75) is 13.8 Å². The number of urea groups is 1. The topological polar surface area (TPSA) is 43.9 Å². The molecular formula is C11H21N3O2. The Hall–Kier alpha value is -1.26. The highest BCUT2D eigenvalue weighted by molar-refractivity contribution is 5.79. The minimum absolute atomic E-state index is 0.0247. The third-order valence-corrected chi connectivity index (χ3v) is 2.74. The van der Waals surface area contributed by atoms with Crippen LogP contribution in [0.1, 0.15) is 13.8 Å². The zero-order chi connectivity index (χ0) is 12.3. The number of carbonyl (C=O) groups excluding carboxylic acids is 2. The van der Waals surface area contributed by atoms with Gasteiger partial charge >= 0.3 is 6.03 Å². The van der Waals surface area contributed by atoms with E-state index in [9.17, 15) is 9.59 Å². The quantitative estimate of drug-likeness (QED) is 0.653. The highest BCUT2D eigenvalue weighted by atomic mass is 16.2. The number of piperazine rings is 1. The first-order valence-electron chi connectivity index (χ1n) is 5.68. The van der Waals surface area contributed by atoms with Crippen molar-refractivity contribution in [3.8, 4) is 0 Å². The van der Waals surface area contributed by atoms with E-state index in [1.54, 1.807) is 23.9 Å². The summed E-state index contributed by atoms with van der Waals surface area (Å²) in [6, 6.07) is 0.0247. The largest absolute Gasteiger partial charge is 0.339 e. The van der Waals surface area contributed by atoms with Crippen LogP contribution in [0, 0.1) is 5.92 Å². The predicted octanol–water partition coefficient (Wildman–Crippen LogP) is 0.468. The smallest absolute Gasteiger partial charge is 0.319 e. The fraction of sp³-hybridized carbons (Fsp3) is 0.818. The predicted molar refractivity (Wildman–Crippen MR) is 62.1 cm³/mol. The van der Waals surface area contributed by atoms with Crippen molar-refractivity contribution < 1.29 is 9.59 Å². The Labute approximate surface area is 97.0 Å². The Morgan fingerprint density at radius 3 is 1.81 bits per heavy atom. The van der Waals surface area contributed by atoms with Crippen LogP contribution in [-0.4, -0.2) is 66.9 Å². The molecule has 0 radical (unpaired) electrons. The number of carbonyl (C=O) groups is 2. The molecule has 5 nitrogen and oxygen atoms in total. The average molecular weight is 227 g/mol. The van der Waals surface area contributed by atoms with Crippen LogP contribution in [0.4, 0.5) is 4.79 Å². The average Bonchev–Trinajstić information content (AvgIpc) is 2.27. The zero-order valence-electron chi connectivity index (χ0n) is 10.6. The molecule has 0 N–H and O–H groups in total. The van der Waals surface area contributed by atoms with Gasteiger partial charge < -0.3 is 14.7 Å². The fourth-order valence-electron chi connectivity index (χ4n) is 1.77.